The number of esters is 3. The van der Waals surface area contributed by atoms with Crippen LogP contribution in [0.1, 0.15) is 265 Å². The van der Waals surface area contributed by atoms with E-state index in [4.69, 9.17) is 14.2 Å². The molecule has 0 amide bonds. The molecule has 0 saturated carbocycles. The Bertz CT molecular complexity index is 1300. The summed E-state index contributed by atoms with van der Waals surface area (Å²) in [5, 5.41) is 0. The molecule has 0 aliphatic rings. The third-order valence-electron chi connectivity index (χ3n) is 12.0. The van der Waals surface area contributed by atoms with Gasteiger partial charge in [0.2, 0.25) is 0 Å². The lowest BCUT2D eigenvalue weighted by atomic mass is 10.0. The van der Waals surface area contributed by atoms with E-state index >= 15 is 0 Å². The number of hydrogen-bond acceptors (Lipinski definition) is 6. The Morgan fingerprint density at radius 1 is 0.328 bits per heavy atom. The molecule has 0 aromatic carbocycles. The highest BCUT2D eigenvalue weighted by atomic mass is 16.6. The third kappa shape index (κ3) is 53.4. The number of hydrogen-bond donors (Lipinski definition) is 0. The molecule has 0 fully saturated rings. The molecule has 1 unspecified atom stereocenters. The number of allylic oxidation sites excluding steroid dienone is 14. The minimum absolute atomic E-state index is 0.108. The van der Waals surface area contributed by atoms with Crippen molar-refractivity contribution >= 4 is 17.9 Å². The Labute approximate surface area is 414 Å². The van der Waals surface area contributed by atoms with E-state index in [1.807, 2.05) is 36.5 Å². The molecule has 1 atom stereocenters. The Morgan fingerprint density at radius 3 is 1.10 bits per heavy atom. The zero-order chi connectivity index (χ0) is 48.6. The zero-order valence-corrected chi connectivity index (χ0v) is 43.9. The van der Waals surface area contributed by atoms with Gasteiger partial charge in [0.05, 0.1) is 0 Å². The highest BCUT2D eigenvalue weighted by molar-refractivity contribution is 5.71. The zero-order valence-electron chi connectivity index (χ0n) is 43.9. The summed E-state index contributed by atoms with van der Waals surface area (Å²) in [5.74, 6) is -0.996. The van der Waals surface area contributed by atoms with Crippen molar-refractivity contribution in [1.82, 2.24) is 0 Å². The second kappa shape index (κ2) is 55.2. The standard InChI is InChI=1S/C61H104O6/c1-4-7-10-13-16-19-22-25-27-29-30-32-33-36-39-42-45-48-51-54-60(63)66-57-58(56-65-59(62)53-50-47-44-41-38-35-24-21-18-15-12-9-6-3)67-61(64)55-52-49-46-43-40-37-34-31-28-26-23-20-17-14-11-8-5-2/h9,12,15,18,21,24,26,28,34-35,37-38,43,46,58H,4-8,10-11,13-14,16-17,19-20,22-23,25,27,29-33,36,39-42,44-45,47-57H2,1-3H3/b12-9+,18-15+,24-21+,28-26+,37-34+,38-35+,46-43+. The largest absolute Gasteiger partial charge is 0.462 e. The van der Waals surface area contributed by atoms with Crippen molar-refractivity contribution in [3.05, 3.63) is 85.1 Å². The fourth-order valence-corrected chi connectivity index (χ4v) is 7.76. The maximum absolute atomic E-state index is 12.8. The number of carbonyl (C=O) groups excluding carboxylic acids is 3. The SMILES string of the molecule is CC/C=C/C=C/C=C/C=C/CCCCCC(=O)OCC(COC(=O)CCCCCCCCCCCCCCCCCCCCC)OC(=O)CCC/C=C/C/C=C/C/C=C/CCCCCCCC. The van der Waals surface area contributed by atoms with E-state index in [9.17, 15) is 14.4 Å². The molecule has 6 nitrogen and oxygen atoms in total. The lowest BCUT2D eigenvalue weighted by Crippen LogP contribution is -2.30. The second-order valence-electron chi connectivity index (χ2n) is 18.6. The van der Waals surface area contributed by atoms with E-state index < -0.39 is 6.10 Å². The maximum Gasteiger partial charge on any atom is 0.306 e. The summed E-state index contributed by atoms with van der Waals surface area (Å²) in [6.07, 6.45) is 71.6. The van der Waals surface area contributed by atoms with Crippen molar-refractivity contribution in [3.63, 3.8) is 0 Å². The molecule has 67 heavy (non-hydrogen) atoms. The van der Waals surface area contributed by atoms with Crippen LogP contribution in [0.3, 0.4) is 0 Å². The van der Waals surface area contributed by atoms with Gasteiger partial charge in [-0.25, -0.2) is 0 Å². The Hall–Kier alpha value is -3.41. The predicted octanol–water partition coefficient (Wildman–Crippen LogP) is 18.8. The van der Waals surface area contributed by atoms with Gasteiger partial charge < -0.3 is 14.2 Å². The average Bonchev–Trinajstić information content (AvgIpc) is 3.33. The monoisotopic (exact) mass is 933 g/mol. The maximum atomic E-state index is 12.8. The van der Waals surface area contributed by atoms with E-state index in [1.165, 1.54) is 148 Å². The first-order chi connectivity index (χ1) is 33.0. The molecule has 6 heteroatoms. The van der Waals surface area contributed by atoms with Crippen LogP contribution in [-0.4, -0.2) is 37.2 Å². The molecule has 0 aliphatic carbocycles. The molecule has 0 radical (unpaired) electrons. The molecule has 0 aromatic rings. The quantitative estimate of drug-likeness (QED) is 0.0199. The van der Waals surface area contributed by atoms with Gasteiger partial charge >= 0.3 is 17.9 Å². The van der Waals surface area contributed by atoms with Crippen LogP contribution in [0.15, 0.2) is 85.1 Å². The molecule has 0 rings (SSSR count). The van der Waals surface area contributed by atoms with E-state index in [0.29, 0.717) is 19.3 Å². The van der Waals surface area contributed by atoms with Gasteiger partial charge in [-0.2, -0.15) is 0 Å². The van der Waals surface area contributed by atoms with Crippen LogP contribution in [-0.2, 0) is 28.6 Å². The van der Waals surface area contributed by atoms with Crippen molar-refractivity contribution in [2.75, 3.05) is 13.2 Å². The first kappa shape index (κ1) is 63.6. The van der Waals surface area contributed by atoms with Gasteiger partial charge in [0.1, 0.15) is 13.2 Å². The summed E-state index contributed by atoms with van der Waals surface area (Å²) in [4.78, 5) is 38.1. The fourth-order valence-electron chi connectivity index (χ4n) is 7.76. The minimum atomic E-state index is -0.818. The number of ether oxygens (including phenoxy) is 3. The van der Waals surface area contributed by atoms with Crippen molar-refractivity contribution < 1.29 is 28.6 Å². The van der Waals surface area contributed by atoms with Crippen LogP contribution in [0, 0.1) is 0 Å². The topological polar surface area (TPSA) is 78.9 Å². The van der Waals surface area contributed by atoms with Crippen LogP contribution in [0.4, 0.5) is 0 Å². The van der Waals surface area contributed by atoms with Crippen molar-refractivity contribution in [1.29, 1.82) is 0 Å². The van der Waals surface area contributed by atoms with Gasteiger partial charge in [0.15, 0.2) is 6.10 Å². The first-order valence-corrected chi connectivity index (χ1v) is 28.1. The van der Waals surface area contributed by atoms with Crippen LogP contribution in [0.25, 0.3) is 0 Å². The van der Waals surface area contributed by atoms with Gasteiger partial charge in [0, 0.05) is 19.3 Å². The van der Waals surface area contributed by atoms with Crippen LogP contribution in [0.5, 0.6) is 0 Å². The van der Waals surface area contributed by atoms with E-state index in [2.05, 4.69) is 69.4 Å². The Morgan fingerprint density at radius 2 is 0.657 bits per heavy atom. The van der Waals surface area contributed by atoms with Gasteiger partial charge in [-0.15, -0.1) is 0 Å². The van der Waals surface area contributed by atoms with Crippen molar-refractivity contribution in [2.45, 2.75) is 271 Å². The molecule has 0 bridgehead atoms. The lowest BCUT2D eigenvalue weighted by molar-refractivity contribution is -0.167. The highest BCUT2D eigenvalue weighted by Gasteiger charge is 2.19. The Kier molecular flexibility index (Phi) is 52.4. The third-order valence-corrected chi connectivity index (χ3v) is 12.0. The van der Waals surface area contributed by atoms with Crippen LogP contribution < -0.4 is 0 Å². The number of carbonyl (C=O) groups is 3. The normalized spacial score (nSPS) is 12.7. The van der Waals surface area contributed by atoms with Crippen molar-refractivity contribution in [3.8, 4) is 0 Å². The summed E-state index contributed by atoms with van der Waals surface area (Å²) in [6, 6.07) is 0. The predicted molar refractivity (Wildman–Crippen MR) is 288 cm³/mol. The van der Waals surface area contributed by atoms with Crippen LogP contribution >= 0.6 is 0 Å². The second-order valence-corrected chi connectivity index (χ2v) is 18.6. The highest BCUT2D eigenvalue weighted by Crippen LogP contribution is 2.16. The van der Waals surface area contributed by atoms with E-state index in [-0.39, 0.29) is 37.5 Å². The number of rotatable bonds is 50. The molecule has 0 aliphatic heterocycles. The van der Waals surface area contributed by atoms with Gasteiger partial charge in [0.25, 0.3) is 0 Å². The molecule has 0 N–H and O–H groups in total. The summed E-state index contributed by atoms with van der Waals surface area (Å²) >= 11 is 0. The fraction of sp³-hybridized carbons (Fsp3) is 0.721. The summed E-state index contributed by atoms with van der Waals surface area (Å²) in [5.41, 5.74) is 0. The molecule has 0 heterocycles. The minimum Gasteiger partial charge on any atom is -0.462 e. The van der Waals surface area contributed by atoms with Crippen LogP contribution in [0.2, 0.25) is 0 Å². The molecular weight excluding hydrogens is 829 g/mol. The summed E-state index contributed by atoms with van der Waals surface area (Å²) in [6.45, 7) is 6.43. The summed E-state index contributed by atoms with van der Waals surface area (Å²) < 4.78 is 16.8. The Balaban J connectivity index is 4.45. The molecule has 0 aromatic heterocycles. The first-order valence-electron chi connectivity index (χ1n) is 28.1. The van der Waals surface area contributed by atoms with E-state index in [1.54, 1.807) is 0 Å². The molecule has 384 valence electrons. The average molecular weight is 933 g/mol. The van der Waals surface area contributed by atoms with Gasteiger partial charge in [-0.05, 0) is 70.6 Å². The van der Waals surface area contributed by atoms with Gasteiger partial charge in [-0.1, -0.05) is 260 Å². The molecular formula is C61H104O6. The van der Waals surface area contributed by atoms with Gasteiger partial charge in [-0.3, -0.25) is 14.4 Å². The lowest BCUT2D eigenvalue weighted by Gasteiger charge is -2.18. The summed E-state index contributed by atoms with van der Waals surface area (Å²) in [7, 11) is 0. The molecule has 0 spiro atoms. The van der Waals surface area contributed by atoms with E-state index in [0.717, 1.165) is 70.6 Å². The number of unbranched alkanes of at least 4 members (excludes halogenated alkanes) is 28. The molecule has 0 saturated heterocycles. The smallest absolute Gasteiger partial charge is 0.306 e. The van der Waals surface area contributed by atoms with Crippen molar-refractivity contribution in [2.24, 2.45) is 0 Å².